The second-order valence-electron chi connectivity index (χ2n) is 17.5. The predicted octanol–water partition coefficient (Wildman–Crippen LogP) is 16.5. The Kier molecular flexibility index (Phi) is 49.3. The van der Waals surface area contributed by atoms with E-state index in [0.717, 1.165) is 103 Å². The summed E-state index contributed by atoms with van der Waals surface area (Å²) >= 11 is 0. The molecule has 6 nitrogen and oxygen atoms in total. The van der Waals surface area contributed by atoms with Crippen LogP contribution in [-0.2, 0) is 14.3 Å². The number of esters is 1. The van der Waals surface area contributed by atoms with Gasteiger partial charge in [0.05, 0.1) is 25.2 Å². The molecule has 0 aromatic rings. The van der Waals surface area contributed by atoms with Crippen molar-refractivity contribution < 1.29 is 24.5 Å². The number of amides is 1. The molecule has 0 bridgehead atoms. The molecule has 0 saturated heterocycles. The van der Waals surface area contributed by atoms with E-state index in [1.54, 1.807) is 0 Å². The SMILES string of the molecule is CC/C=C\C/C=C\C/C=C\C/C=C\C/C=C\CCCC(=O)OC(CCC/C=C\C/C=C\C/C=C\C/C=C\C/C=C\CC)CC(=O)NC(CO)C(O)CCCCCCCCCCCCCCC. The molecule has 66 heavy (non-hydrogen) atoms. The van der Waals surface area contributed by atoms with Gasteiger partial charge in [0.1, 0.15) is 6.10 Å². The normalized spacial score (nSPS) is 14.2. The molecule has 1 amide bonds. The first-order valence-electron chi connectivity index (χ1n) is 26.8. The van der Waals surface area contributed by atoms with Crippen LogP contribution < -0.4 is 5.32 Å². The second-order valence-corrected chi connectivity index (χ2v) is 17.5. The van der Waals surface area contributed by atoms with Gasteiger partial charge in [0, 0.05) is 6.42 Å². The Hall–Kier alpha value is -3.74. The van der Waals surface area contributed by atoms with Crippen molar-refractivity contribution in [2.75, 3.05) is 6.61 Å². The van der Waals surface area contributed by atoms with Crippen molar-refractivity contribution in [2.45, 2.75) is 238 Å². The quantitative estimate of drug-likeness (QED) is 0.0321. The number of unbranched alkanes of at least 4 members (excludes halogenated alkanes) is 14. The van der Waals surface area contributed by atoms with Crippen LogP contribution in [-0.4, -0.2) is 46.9 Å². The first-order valence-corrected chi connectivity index (χ1v) is 26.8. The van der Waals surface area contributed by atoms with Gasteiger partial charge in [-0.05, 0) is 103 Å². The Morgan fingerprint density at radius 3 is 1.21 bits per heavy atom. The van der Waals surface area contributed by atoms with E-state index < -0.39 is 18.2 Å². The summed E-state index contributed by atoms with van der Waals surface area (Å²) in [4.78, 5) is 26.2. The Labute approximate surface area is 406 Å². The summed E-state index contributed by atoms with van der Waals surface area (Å²) in [6, 6.07) is -0.740. The molecule has 374 valence electrons. The van der Waals surface area contributed by atoms with Crippen molar-refractivity contribution in [3.05, 3.63) is 122 Å². The van der Waals surface area contributed by atoms with E-state index in [1.165, 1.54) is 64.2 Å². The lowest BCUT2D eigenvalue weighted by Gasteiger charge is -2.24. The number of hydrogen-bond acceptors (Lipinski definition) is 5. The minimum Gasteiger partial charge on any atom is -0.462 e. The molecule has 0 saturated carbocycles. The first-order chi connectivity index (χ1) is 32.5. The summed E-state index contributed by atoms with van der Waals surface area (Å²) in [6.45, 7) is 6.22. The summed E-state index contributed by atoms with van der Waals surface area (Å²) in [7, 11) is 0. The van der Waals surface area contributed by atoms with Crippen LogP contribution in [0.3, 0.4) is 0 Å². The van der Waals surface area contributed by atoms with Crippen LogP contribution >= 0.6 is 0 Å². The number of carbonyl (C=O) groups excluding carboxylic acids is 2. The number of aliphatic hydroxyl groups excluding tert-OH is 2. The average Bonchev–Trinajstić information content (AvgIpc) is 3.31. The van der Waals surface area contributed by atoms with Gasteiger partial charge >= 0.3 is 5.97 Å². The molecule has 0 spiro atoms. The fourth-order valence-corrected chi connectivity index (χ4v) is 7.32. The Morgan fingerprint density at radius 1 is 0.455 bits per heavy atom. The van der Waals surface area contributed by atoms with Gasteiger partial charge in [-0.3, -0.25) is 9.59 Å². The van der Waals surface area contributed by atoms with Crippen LogP contribution in [0, 0.1) is 0 Å². The number of aliphatic hydroxyl groups is 2. The molecule has 0 aromatic carbocycles. The summed E-state index contributed by atoms with van der Waals surface area (Å²) in [6.07, 6.45) is 72.6. The lowest BCUT2D eigenvalue weighted by molar-refractivity contribution is -0.151. The third kappa shape index (κ3) is 46.8. The zero-order valence-electron chi connectivity index (χ0n) is 42.5. The Bertz CT molecular complexity index is 1390. The highest BCUT2D eigenvalue weighted by atomic mass is 16.5. The third-order valence-electron chi connectivity index (χ3n) is 11.3. The van der Waals surface area contributed by atoms with Gasteiger partial charge in [-0.2, -0.15) is 0 Å². The molecular formula is C60H99NO5. The standard InChI is InChI=1S/C60H99NO5/c1-4-7-10-13-16-19-22-25-27-29-31-34-36-39-42-45-48-51-56(66-60(65)53-50-47-44-41-38-35-32-30-28-26-23-20-17-14-11-8-5-2)54-59(64)61-57(55-62)58(63)52-49-46-43-40-37-33-24-21-18-15-12-9-6-3/h7-8,10-11,16-17,19-20,25-28,31-32,34-35,39,41-42,44,56-58,62-63H,4-6,9,12-15,18,21-24,29-30,33,36-38,40,43,45-55H2,1-3H3,(H,61,64)/b10-7-,11-8-,19-16-,20-17-,27-25-,28-26-,34-31-,35-32-,42-39-,44-41-. The highest BCUT2D eigenvalue weighted by molar-refractivity contribution is 5.77. The van der Waals surface area contributed by atoms with Crippen molar-refractivity contribution >= 4 is 11.9 Å². The maximum atomic E-state index is 13.2. The van der Waals surface area contributed by atoms with E-state index in [4.69, 9.17) is 4.74 Å². The zero-order valence-corrected chi connectivity index (χ0v) is 42.5. The zero-order chi connectivity index (χ0) is 48.1. The van der Waals surface area contributed by atoms with E-state index in [9.17, 15) is 19.8 Å². The summed E-state index contributed by atoms with van der Waals surface area (Å²) in [5.41, 5.74) is 0. The molecule has 0 aliphatic rings. The lowest BCUT2D eigenvalue weighted by atomic mass is 10.0. The number of allylic oxidation sites excluding steroid dienone is 20. The van der Waals surface area contributed by atoms with Crippen molar-refractivity contribution in [2.24, 2.45) is 0 Å². The molecule has 0 aliphatic carbocycles. The fourth-order valence-electron chi connectivity index (χ4n) is 7.32. The third-order valence-corrected chi connectivity index (χ3v) is 11.3. The monoisotopic (exact) mass is 914 g/mol. The van der Waals surface area contributed by atoms with Gasteiger partial charge in [-0.15, -0.1) is 0 Å². The molecule has 6 heteroatoms. The van der Waals surface area contributed by atoms with Crippen LogP contribution in [0.4, 0.5) is 0 Å². The van der Waals surface area contributed by atoms with E-state index in [2.05, 4.69) is 148 Å². The van der Waals surface area contributed by atoms with Crippen molar-refractivity contribution in [1.29, 1.82) is 0 Å². The van der Waals surface area contributed by atoms with Gasteiger partial charge < -0.3 is 20.3 Å². The molecule has 0 rings (SSSR count). The van der Waals surface area contributed by atoms with Crippen molar-refractivity contribution in [3.63, 3.8) is 0 Å². The molecule has 3 atom stereocenters. The van der Waals surface area contributed by atoms with Gasteiger partial charge in [0.15, 0.2) is 0 Å². The van der Waals surface area contributed by atoms with Crippen LogP contribution in [0.5, 0.6) is 0 Å². The predicted molar refractivity (Wildman–Crippen MR) is 286 cm³/mol. The molecule has 3 unspecified atom stereocenters. The molecule has 0 radical (unpaired) electrons. The van der Waals surface area contributed by atoms with Crippen LogP contribution in [0.25, 0.3) is 0 Å². The maximum absolute atomic E-state index is 13.2. The summed E-state index contributed by atoms with van der Waals surface area (Å²) in [5.74, 6) is -0.610. The van der Waals surface area contributed by atoms with Crippen LogP contribution in [0.15, 0.2) is 122 Å². The number of nitrogens with one attached hydrogen (secondary N) is 1. The summed E-state index contributed by atoms with van der Waals surface area (Å²) < 4.78 is 5.89. The van der Waals surface area contributed by atoms with E-state index in [-0.39, 0.29) is 31.3 Å². The first kappa shape index (κ1) is 62.3. The van der Waals surface area contributed by atoms with E-state index in [0.29, 0.717) is 19.3 Å². The van der Waals surface area contributed by atoms with Crippen LogP contribution in [0.1, 0.15) is 220 Å². The number of hydrogen-bond donors (Lipinski definition) is 3. The molecular weight excluding hydrogens is 815 g/mol. The topological polar surface area (TPSA) is 95.9 Å². The Balaban J connectivity index is 4.82. The van der Waals surface area contributed by atoms with Crippen molar-refractivity contribution in [1.82, 2.24) is 5.32 Å². The minimum atomic E-state index is -0.820. The molecule has 3 N–H and O–H groups in total. The van der Waals surface area contributed by atoms with E-state index >= 15 is 0 Å². The van der Waals surface area contributed by atoms with E-state index in [1.807, 2.05) is 0 Å². The largest absolute Gasteiger partial charge is 0.462 e. The molecule has 0 aromatic heterocycles. The number of carbonyl (C=O) groups is 2. The van der Waals surface area contributed by atoms with Gasteiger partial charge in [0.2, 0.25) is 5.91 Å². The van der Waals surface area contributed by atoms with Gasteiger partial charge in [0.25, 0.3) is 0 Å². The summed E-state index contributed by atoms with van der Waals surface area (Å²) in [5, 5.41) is 23.8. The van der Waals surface area contributed by atoms with Crippen LogP contribution in [0.2, 0.25) is 0 Å². The van der Waals surface area contributed by atoms with Gasteiger partial charge in [-0.25, -0.2) is 0 Å². The second kappa shape index (κ2) is 52.2. The fraction of sp³-hybridized carbons (Fsp3) is 0.633. The minimum absolute atomic E-state index is 0.00807. The highest BCUT2D eigenvalue weighted by Crippen LogP contribution is 2.16. The number of rotatable bonds is 46. The Morgan fingerprint density at radius 2 is 0.818 bits per heavy atom. The average molecular weight is 914 g/mol. The van der Waals surface area contributed by atoms with Gasteiger partial charge in [-0.1, -0.05) is 226 Å². The maximum Gasteiger partial charge on any atom is 0.306 e. The molecule has 0 heterocycles. The van der Waals surface area contributed by atoms with Crippen molar-refractivity contribution in [3.8, 4) is 0 Å². The number of ether oxygens (including phenoxy) is 1. The highest BCUT2D eigenvalue weighted by Gasteiger charge is 2.24. The molecule has 0 aliphatic heterocycles. The smallest absolute Gasteiger partial charge is 0.306 e. The lowest BCUT2D eigenvalue weighted by Crippen LogP contribution is -2.46. The molecule has 0 fully saturated rings.